The lowest BCUT2D eigenvalue weighted by Crippen LogP contribution is -2.18. The third-order valence-electron chi connectivity index (χ3n) is 3.69. The van der Waals surface area contributed by atoms with Crippen LogP contribution in [0.15, 0.2) is 18.3 Å². The third-order valence-corrected chi connectivity index (χ3v) is 3.69. The predicted molar refractivity (Wildman–Crippen MR) is 90.9 cm³/mol. The number of halogens is 3. The van der Waals surface area contributed by atoms with E-state index >= 15 is 0 Å². The Kier molecular flexibility index (Phi) is 5.94. The Hall–Kier alpha value is -2.22. The first kappa shape index (κ1) is 19.1. The molecule has 0 fully saturated rings. The number of pyridine rings is 1. The lowest BCUT2D eigenvalue weighted by molar-refractivity contribution is -0.137. The van der Waals surface area contributed by atoms with Gasteiger partial charge in [0, 0.05) is 24.7 Å². The monoisotopic (exact) mass is 353 g/mol. The van der Waals surface area contributed by atoms with Gasteiger partial charge in [0.15, 0.2) is 0 Å². The molecule has 2 rings (SSSR count). The summed E-state index contributed by atoms with van der Waals surface area (Å²) in [5, 5.41) is 3.03. The standard InChI is InChI=1S/C17H22F3N5/c1-5-13-14(8-9-25(3)4)22-11(2)23-16(13)24-15-7-6-12(10-21-15)17(18,19)20/h6-7,10H,5,8-9H2,1-4H3,(H,21,22,23,24). The Balaban J connectivity index is 2.29. The van der Waals surface area contributed by atoms with E-state index in [9.17, 15) is 13.2 Å². The summed E-state index contributed by atoms with van der Waals surface area (Å²) in [7, 11) is 3.98. The van der Waals surface area contributed by atoms with Crippen molar-refractivity contribution in [1.82, 2.24) is 19.9 Å². The summed E-state index contributed by atoms with van der Waals surface area (Å²) in [5.41, 5.74) is 1.12. The summed E-state index contributed by atoms with van der Waals surface area (Å²) < 4.78 is 37.9. The molecule has 2 aromatic heterocycles. The van der Waals surface area contributed by atoms with Crippen molar-refractivity contribution in [3.05, 3.63) is 41.0 Å². The van der Waals surface area contributed by atoms with E-state index < -0.39 is 11.7 Å². The normalized spacial score (nSPS) is 11.8. The highest BCUT2D eigenvalue weighted by molar-refractivity contribution is 5.57. The van der Waals surface area contributed by atoms with Crippen molar-refractivity contribution >= 4 is 11.6 Å². The Morgan fingerprint density at radius 2 is 1.88 bits per heavy atom. The summed E-state index contributed by atoms with van der Waals surface area (Å²) in [5.74, 6) is 1.52. The molecule has 2 heterocycles. The molecule has 8 heteroatoms. The predicted octanol–water partition coefficient (Wildman–Crippen LogP) is 3.61. The quantitative estimate of drug-likeness (QED) is 0.860. The molecule has 0 aliphatic heterocycles. The number of rotatable bonds is 6. The molecule has 5 nitrogen and oxygen atoms in total. The fourth-order valence-electron chi connectivity index (χ4n) is 2.42. The molecule has 0 aliphatic carbocycles. The fourth-order valence-corrected chi connectivity index (χ4v) is 2.42. The van der Waals surface area contributed by atoms with Crippen molar-refractivity contribution < 1.29 is 13.2 Å². The molecule has 0 saturated carbocycles. The zero-order valence-corrected chi connectivity index (χ0v) is 14.8. The second-order valence-electron chi connectivity index (χ2n) is 6.01. The highest BCUT2D eigenvalue weighted by Crippen LogP contribution is 2.29. The van der Waals surface area contributed by atoms with Crippen LogP contribution < -0.4 is 5.32 Å². The molecular weight excluding hydrogens is 331 g/mol. The van der Waals surface area contributed by atoms with Gasteiger partial charge >= 0.3 is 6.18 Å². The topological polar surface area (TPSA) is 53.9 Å². The van der Waals surface area contributed by atoms with Gasteiger partial charge in [-0.15, -0.1) is 0 Å². The van der Waals surface area contributed by atoms with Crippen molar-refractivity contribution in [2.75, 3.05) is 26.0 Å². The first-order valence-electron chi connectivity index (χ1n) is 8.02. The minimum Gasteiger partial charge on any atom is -0.325 e. The zero-order valence-electron chi connectivity index (χ0n) is 14.8. The van der Waals surface area contributed by atoms with Crippen molar-refractivity contribution in [2.24, 2.45) is 0 Å². The maximum absolute atomic E-state index is 12.6. The van der Waals surface area contributed by atoms with Crippen LogP contribution >= 0.6 is 0 Å². The molecule has 0 spiro atoms. The zero-order chi connectivity index (χ0) is 18.6. The number of hydrogen-bond acceptors (Lipinski definition) is 5. The van der Waals surface area contributed by atoms with E-state index in [1.54, 1.807) is 6.92 Å². The lowest BCUT2D eigenvalue weighted by atomic mass is 10.1. The molecule has 2 aromatic rings. The number of alkyl halides is 3. The Labute approximate surface area is 145 Å². The Bertz CT molecular complexity index is 711. The third kappa shape index (κ3) is 5.12. The summed E-state index contributed by atoms with van der Waals surface area (Å²) in [4.78, 5) is 14.8. The number of hydrogen-bond donors (Lipinski definition) is 1. The first-order chi connectivity index (χ1) is 11.7. The van der Waals surface area contributed by atoms with Gasteiger partial charge in [0.25, 0.3) is 0 Å². The van der Waals surface area contributed by atoms with Gasteiger partial charge < -0.3 is 10.2 Å². The van der Waals surface area contributed by atoms with Crippen molar-refractivity contribution in [3.8, 4) is 0 Å². The second-order valence-corrected chi connectivity index (χ2v) is 6.01. The van der Waals surface area contributed by atoms with Gasteiger partial charge in [-0.1, -0.05) is 6.92 Å². The summed E-state index contributed by atoms with van der Waals surface area (Å²) in [6.45, 7) is 4.64. The van der Waals surface area contributed by atoms with Gasteiger partial charge in [0.1, 0.15) is 17.5 Å². The molecule has 136 valence electrons. The van der Waals surface area contributed by atoms with E-state index in [1.807, 2.05) is 21.0 Å². The number of anilines is 2. The van der Waals surface area contributed by atoms with Crippen LogP contribution in [-0.4, -0.2) is 40.5 Å². The van der Waals surface area contributed by atoms with Gasteiger partial charge in [-0.25, -0.2) is 15.0 Å². The van der Waals surface area contributed by atoms with Gasteiger partial charge in [0.2, 0.25) is 0 Å². The number of likely N-dealkylation sites (N-methyl/N-ethyl adjacent to an activating group) is 1. The SMILES string of the molecule is CCc1c(CCN(C)C)nc(C)nc1Nc1ccc(C(F)(F)F)cn1. The number of aromatic nitrogens is 3. The molecule has 1 N–H and O–H groups in total. The fraction of sp³-hybridized carbons (Fsp3) is 0.471. The lowest BCUT2D eigenvalue weighted by Gasteiger charge is -2.16. The van der Waals surface area contributed by atoms with Crippen LogP contribution in [0.3, 0.4) is 0 Å². The van der Waals surface area contributed by atoms with Crippen LogP contribution in [0.4, 0.5) is 24.8 Å². The van der Waals surface area contributed by atoms with Crippen LogP contribution in [0.25, 0.3) is 0 Å². The van der Waals surface area contributed by atoms with E-state index in [1.165, 1.54) is 6.07 Å². The van der Waals surface area contributed by atoms with E-state index in [2.05, 4.69) is 25.2 Å². The Morgan fingerprint density at radius 1 is 1.16 bits per heavy atom. The van der Waals surface area contributed by atoms with Crippen LogP contribution in [0, 0.1) is 6.92 Å². The molecule has 0 radical (unpaired) electrons. The number of nitrogens with zero attached hydrogens (tertiary/aromatic N) is 4. The maximum Gasteiger partial charge on any atom is 0.417 e. The molecular formula is C17H22F3N5. The molecule has 0 amide bonds. The van der Waals surface area contributed by atoms with Crippen LogP contribution in [0.2, 0.25) is 0 Å². The van der Waals surface area contributed by atoms with Gasteiger partial charge in [-0.3, -0.25) is 0 Å². The summed E-state index contributed by atoms with van der Waals surface area (Å²) in [6, 6.07) is 2.31. The van der Waals surface area contributed by atoms with Crippen LogP contribution in [0.5, 0.6) is 0 Å². The first-order valence-corrected chi connectivity index (χ1v) is 8.02. The van der Waals surface area contributed by atoms with Crippen molar-refractivity contribution in [3.63, 3.8) is 0 Å². The molecule has 0 saturated heterocycles. The Morgan fingerprint density at radius 3 is 2.40 bits per heavy atom. The highest BCUT2D eigenvalue weighted by atomic mass is 19.4. The smallest absolute Gasteiger partial charge is 0.325 e. The van der Waals surface area contributed by atoms with E-state index in [0.717, 1.165) is 36.5 Å². The van der Waals surface area contributed by atoms with E-state index in [4.69, 9.17) is 0 Å². The molecule has 0 aliphatic rings. The van der Waals surface area contributed by atoms with E-state index in [-0.39, 0.29) is 0 Å². The number of nitrogens with one attached hydrogen (secondary N) is 1. The summed E-state index contributed by atoms with van der Waals surface area (Å²) >= 11 is 0. The molecule has 0 unspecified atom stereocenters. The van der Waals surface area contributed by atoms with Gasteiger partial charge in [0.05, 0.1) is 11.3 Å². The average Bonchev–Trinajstić information content (AvgIpc) is 2.52. The van der Waals surface area contributed by atoms with Crippen molar-refractivity contribution in [1.29, 1.82) is 0 Å². The highest BCUT2D eigenvalue weighted by Gasteiger charge is 2.30. The summed E-state index contributed by atoms with van der Waals surface area (Å²) in [6.07, 6.45) is -2.10. The molecule has 25 heavy (non-hydrogen) atoms. The number of aryl methyl sites for hydroxylation is 1. The minimum atomic E-state index is -4.40. The van der Waals surface area contributed by atoms with Crippen LogP contribution in [0.1, 0.15) is 29.6 Å². The average molecular weight is 353 g/mol. The van der Waals surface area contributed by atoms with Gasteiger partial charge in [-0.05, 0) is 39.6 Å². The minimum absolute atomic E-state index is 0.319. The van der Waals surface area contributed by atoms with Crippen LogP contribution in [-0.2, 0) is 19.0 Å². The van der Waals surface area contributed by atoms with E-state index in [0.29, 0.717) is 23.9 Å². The van der Waals surface area contributed by atoms with Crippen molar-refractivity contribution in [2.45, 2.75) is 32.9 Å². The molecule has 0 bridgehead atoms. The van der Waals surface area contributed by atoms with Gasteiger partial charge in [-0.2, -0.15) is 13.2 Å². The molecule has 0 aromatic carbocycles. The largest absolute Gasteiger partial charge is 0.417 e. The maximum atomic E-state index is 12.6. The second kappa shape index (κ2) is 7.77. The molecule has 0 atom stereocenters.